The third-order valence-corrected chi connectivity index (χ3v) is 2.17. The molecule has 1 amide bonds. The topological polar surface area (TPSA) is 185 Å². The maximum atomic E-state index is 10.8. The van der Waals surface area contributed by atoms with Crippen LogP contribution in [0.3, 0.4) is 0 Å². The molecular weight excluding hydrogens is 382 g/mol. The molecule has 0 rings (SSSR count). The fourth-order valence-electron chi connectivity index (χ4n) is 1.09. The average molecular weight is 434 g/mol. The highest BCUT2D eigenvalue weighted by atomic mass is 16.3. The summed E-state index contributed by atoms with van der Waals surface area (Å²) in [5, 5.41) is 41.2. The van der Waals surface area contributed by atoms with Gasteiger partial charge in [0.15, 0.2) is 0 Å². The number of carbonyl (C=O) groups excluding carboxylic acids is 2. The van der Waals surface area contributed by atoms with Crippen molar-refractivity contribution in [2.45, 2.75) is 73.3 Å². The quantitative estimate of drug-likeness (QED) is 0.140. The third kappa shape index (κ3) is 86.4. The molecule has 10 heteroatoms. The molecule has 0 heterocycles. The van der Waals surface area contributed by atoms with Gasteiger partial charge in [-0.2, -0.15) is 0 Å². The lowest BCUT2D eigenvalue weighted by Gasteiger charge is -2.06. The molecule has 29 heavy (non-hydrogen) atoms. The zero-order valence-corrected chi connectivity index (χ0v) is 20.2. The number of aliphatic hydroxyl groups is 5. The summed E-state index contributed by atoms with van der Waals surface area (Å²) in [7, 11) is 3.00. The second-order valence-electron chi connectivity index (χ2n) is 4.12. The van der Waals surface area contributed by atoms with Crippen LogP contribution in [-0.4, -0.2) is 84.4 Å². The Balaban J connectivity index is -0.0000000507. The van der Waals surface area contributed by atoms with Gasteiger partial charge in [0.25, 0.3) is 0 Å². The number of hydrazine groups is 1. The summed E-state index contributed by atoms with van der Waals surface area (Å²) in [6.45, 7) is 12.0. The van der Waals surface area contributed by atoms with Crippen LogP contribution in [-0.2, 0) is 9.59 Å². The number of Topliss-reactive ketones (excluding diaryl/α,β-unsaturated/α-hetero) is 1. The first-order valence-electron chi connectivity index (χ1n) is 9.80. The number of hydrogen-bond donors (Lipinski definition) is 8. The zero-order valence-electron chi connectivity index (χ0n) is 20.2. The highest BCUT2D eigenvalue weighted by molar-refractivity contribution is 5.77. The van der Waals surface area contributed by atoms with Crippen molar-refractivity contribution in [3.8, 4) is 0 Å². The molecule has 9 N–H and O–H groups in total. The van der Waals surface area contributed by atoms with Crippen LogP contribution in [0.2, 0.25) is 0 Å². The number of amides is 1. The summed E-state index contributed by atoms with van der Waals surface area (Å²) in [4.78, 5) is 20.7. The predicted molar refractivity (Wildman–Crippen MR) is 120 cm³/mol. The Morgan fingerprint density at radius 3 is 1.59 bits per heavy atom. The summed E-state index contributed by atoms with van der Waals surface area (Å²) >= 11 is 0. The molecule has 0 spiro atoms. The standard InChI is InChI=1S/C9H19NO3.C3H8N2O.2C2H6.3CH4O/c1-2-9(13)10-6-4-3-5-8(12)7-11;1-3(6)2-5-4;5*1-2/h8,11-12H,2-7H2,1H3,(H,10,13);5H,2,4H2,1H3;2*1-2H3;3*2H,1H3. The smallest absolute Gasteiger partial charge is 0.219 e. The summed E-state index contributed by atoms with van der Waals surface area (Å²) < 4.78 is 0. The lowest BCUT2D eigenvalue weighted by atomic mass is 10.1. The lowest BCUT2D eigenvalue weighted by molar-refractivity contribution is -0.120. The Morgan fingerprint density at radius 1 is 0.931 bits per heavy atom. The van der Waals surface area contributed by atoms with Crippen LogP contribution in [0.15, 0.2) is 0 Å². The SMILES string of the molecule is CC.CC.CC(=O)CNN.CCC(=O)NCCCCC(O)CO.CO.CO.CO. The van der Waals surface area contributed by atoms with E-state index in [0.29, 0.717) is 19.4 Å². The van der Waals surface area contributed by atoms with Crippen LogP contribution in [0.4, 0.5) is 0 Å². The number of unbranched alkanes of at least 4 members (excludes halogenated alkanes) is 1. The highest BCUT2D eigenvalue weighted by Gasteiger charge is 2.01. The number of nitrogens with two attached hydrogens (primary N) is 1. The van der Waals surface area contributed by atoms with Crippen molar-refractivity contribution in [3.05, 3.63) is 0 Å². The molecule has 0 aromatic rings. The Bertz CT molecular complexity index is 248. The van der Waals surface area contributed by atoms with Gasteiger partial charge in [0.1, 0.15) is 5.78 Å². The Kier molecular flexibility index (Phi) is 101. The van der Waals surface area contributed by atoms with Crippen molar-refractivity contribution in [1.29, 1.82) is 0 Å². The van der Waals surface area contributed by atoms with E-state index in [9.17, 15) is 9.59 Å². The Hall–Kier alpha value is -1.14. The lowest BCUT2D eigenvalue weighted by Crippen LogP contribution is -2.27. The van der Waals surface area contributed by atoms with Gasteiger partial charge in [-0.15, -0.1) is 0 Å². The third-order valence-electron chi connectivity index (χ3n) is 2.17. The van der Waals surface area contributed by atoms with E-state index >= 15 is 0 Å². The number of nitrogens with one attached hydrogen (secondary N) is 2. The molecule has 0 saturated heterocycles. The molecular formula is C19H51N3O7. The van der Waals surface area contributed by atoms with E-state index in [4.69, 9.17) is 31.4 Å². The minimum Gasteiger partial charge on any atom is -0.400 e. The normalized spacial score (nSPS) is 8.38. The van der Waals surface area contributed by atoms with Crippen molar-refractivity contribution in [3.63, 3.8) is 0 Å². The van der Waals surface area contributed by atoms with Crippen molar-refractivity contribution in [2.75, 3.05) is 41.0 Å². The van der Waals surface area contributed by atoms with Gasteiger partial charge in [0.2, 0.25) is 5.91 Å². The summed E-state index contributed by atoms with van der Waals surface area (Å²) in [6, 6.07) is 0. The molecule has 0 radical (unpaired) electrons. The Morgan fingerprint density at radius 2 is 1.34 bits per heavy atom. The number of ketones is 1. The summed E-state index contributed by atoms with van der Waals surface area (Å²) in [6.07, 6.45) is 2.17. The molecule has 1 atom stereocenters. The summed E-state index contributed by atoms with van der Waals surface area (Å²) in [5.41, 5.74) is 2.22. The van der Waals surface area contributed by atoms with Gasteiger partial charge < -0.3 is 30.8 Å². The molecule has 0 bridgehead atoms. The Labute approximate surface area is 178 Å². The average Bonchev–Trinajstić information content (AvgIpc) is 2.80. The van der Waals surface area contributed by atoms with E-state index in [1.54, 1.807) is 0 Å². The van der Waals surface area contributed by atoms with Crippen LogP contribution in [0.25, 0.3) is 0 Å². The van der Waals surface area contributed by atoms with E-state index in [1.807, 2.05) is 34.6 Å². The maximum absolute atomic E-state index is 10.8. The van der Waals surface area contributed by atoms with Crippen LogP contribution in [0.1, 0.15) is 67.2 Å². The number of aliphatic hydroxyl groups excluding tert-OH is 5. The minimum atomic E-state index is -0.609. The van der Waals surface area contributed by atoms with Gasteiger partial charge in [-0.3, -0.25) is 20.9 Å². The fraction of sp³-hybridized carbons (Fsp3) is 0.895. The van der Waals surface area contributed by atoms with Crippen LogP contribution >= 0.6 is 0 Å². The largest absolute Gasteiger partial charge is 0.400 e. The summed E-state index contributed by atoms with van der Waals surface area (Å²) in [5.74, 6) is 4.87. The van der Waals surface area contributed by atoms with E-state index < -0.39 is 6.10 Å². The van der Waals surface area contributed by atoms with E-state index in [-0.39, 0.29) is 24.8 Å². The van der Waals surface area contributed by atoms with E-state index in [0.717, 1.165) is 34.2 Å². The van der Waals surface area contributed by atoms with Gasteiger partial charge in [-0.1, -0.05) is 34.6 Å². The number of carbonyl (C=O) groups is 2. The van der Waals surface area contributed by atoms with Gasteiger partial charge >= 0.3 is 0 Å². The molecule has 0 fully saturated rings. The van der Waals surface area contributed by atoms with Crippen molar-refractivity contribution in [2.24, 2.45) is 5.84 Å². The van der Waals surface area contributed by atoms with Crippen molar-refractivity contribution < 1.29 is 35.1 Å². The second-order valence-corrected chi connectivity index (χ2v) is 4.12. The molecule has 0 aliphatic heterocycles. The van der Waals surface area contributed by atoms with E-state index in [1.165, 1.54) is 6.92 Å². The minimum absolute atomic E-state index is 0.0532. The van der Waals surface area contributed by atoms with Gasteiger partial charge in [-0.05, 0) is 26.2 Å². The molecule has 0 aromatic carbocycles. The number of rotatable bonds is 9. The fourth-order valence-corrected chi connectivity index (χ4v) is 1.09. The van der Waals surface area contributed by atoms with Gasteiger partial charge in [0.05, 0.1) is 19.3 Å². The van der Waals surface area contributed by atoms with Crippen LogP contribution in [0, 0.1) is 0 Å². The molecule has 0 saturated carbocycles. The zero-order chi connectivity index (χ0) is 25.1. The molecule has 10 nitrogen and oxygen atoms in total. The maximum Gasteiger partial charge on any atom is 0.219 e. The molecule has 0 aliphatic carbocycles. The molecule has 184 valence electrons. The van der Waals surface area contributed by atoms with Gasteiger partial charge in [-0.25, -0.2) is 0 Å². The van der Waals surface area contributed by atoms with E-state index in [2.05, 4.69) is 10.7 Å². The van der Waals surface area contributed by atoms with Crippen LogP contribution < -0.4 is 16.6 Å². The number of hydrogen-bond acceptors (Lipinski definition) is 9. The first kappa shape index (κ1) is 46.2. The van der Waals surface area contributed by atoms with Crippen molar-refractivity contribution >= 4 is 11.7 Å². The molecule has 0 aromatic heterocycles. The predicted octanol–water partition coefficient (Wildman–Crippen LogP) is -0.0473. The first-order chi connectivity index (χ1) is 14.0. The first-order valence-corrected chi connectivity index (χ1v) is 9.80. The molecule has 0 aliphatic rings. The van der Waals surface area contributed by atoms with Gasteiger partial charge in [0, 0.05) is 34.3 Å². The monoisotopic (exact) mass is 433 g/mol. The molecule has 1 unspecified atom stereocenters. The van der Waals surface area contributed by atoms with Crippen LogP contribution in [0.5, 0.6) is 0 Å². The van der Waals surface area contributed by atoms with Crippen molar-refractivity contribution in [1.82, 2.24) is 10.7 Å². The highest BCUT2D eigenvalue weighted by Crippen LogP contribution is 1.98. The second kappa shape index (κ2) is 63.2.